The van der Waals surface area contributed by atoms with Crippen LogP contribution in [0.1, 0.15) is 43.2 Å². The van der Waals surface area contributed by atoms with E-state index in [0.717, 1.165) is 36.3 Å². The van der Waals surface area contributed by atoms with E-state index in [4.69, 9.17) is 0 Å². The fourth-order valence-corrected chi connectivity index (χ4v) is 4.99. The lowest BCUT2D eigenvalue weighted by Crippen LogP contribution is -2.46. The molecule has 0 saturated carbocycles. The number of amides is 3. The first-order valence-electron chi connectivity index (χ1n) is 8.87. The summed E-state index contributed by atoms with van der Waals surface area (Å²) >= 11 is 1.50. The van der Waals surface area contributed by atoms with E-state index in [1.807, 2.05) is 12.2 Å². The molecule has 3 aliphatic rings. The van der Waals surface area contributed by atoms with Crippen LogP contribution in [0.4, 0.5) is 5.13 Å². The number of nitrogens with zero attached hydrogens (tertiary/aromatic N) is 2. The topological polar surface area (TPSA) is 79.4 Å². The maximum atomic E-state index is 12.6. The van der Waals surface area contributed by atoms with Gasteiger partial charge in [0.2, 0.25) is 17.7 Å². The van der Waals surface area contributed by atoms with E-state index in [-0.39, 0.29) is 29.6 Å². The number of nitrogens with one attached hydrogen (secondary N) is 1. The van der Waals surface area contributed by atoms with Gasteiger partial charge in [0.25, 0.3) is 0 Å². The monoisotopic (exact) mass is 359 g/mol. The molecule has 25 heavy (non-hydrogen) atoms. The lowest BCUT2D eigenvalue weighted by molar-refractivity contribution is -0.146. The van der Waals surface area contributed by atoms with Crippen molar-refractivity contribution in [3.05, 3.63) is 22.7 Å². The Morgan fingerprint density at radius 1 is 1.20 bits per heavy atom. The molecule has 4 rings (SSSR count). The molecule has 1 aromatic heterocycles. The van der Waals surface area contributed by atoms with Crippen LogP contribution in [0.15, 0.2) is 12.2 Å². The van der Waals surface area contributed by atoms with Crippen LogP contribution in [0.5, 0.6) is 0 Å². The van der Waals surface area contributed by atoms with Crippen molar-refractivity contribution in [1.82, 2.24) is 9.88 Å². The van der Waals surface area contributed by atoms with Crippen LogP contribution < -0.4 is 5.32 Å². The second-order valence-corrected chi connectivity index (χ2v) is 8.05. The summed E-state index contributed by atoms with van der Waals surface area (Å²) in [5, 5.41) is 3.38. The largest absolute Gasteiger partial charge is 0.300 e. The Balaban J connectivity index is 1.48. The van der Waals surface area contributed by atoms with Crippen LogP contribution in [-0.4, -0.2) is 33.6 Å². The maximum absolute atomic E-state index is 12.6. The lowest BCUT2D eigenvalue weighted by Gasteiger charge is -2.21. The molecule has 1 fully saturated rings. The third-order valence-corrected chi connectivity index (χ3v) is 6.46. The Bertz CT molecular complexity index is 720. The van der Waals surface area contributed by atoms with E-state index in [9.17, 15) is 14.4 Å². The summed E-state index contributed by atoms with van der Waals surface area (Å²) in [6, 6.07) is -0.813. The number of aryl methyl sites for hydroxylation is 2. The number of imide groups is 1. The minimum absolute atomic E-state index is 0.222. The van der Waals surface area contributed by atoms with Gasteiger partial charge >= 0.3 is 0 Å². The standard InChI is InChI=1S/C18H21N3O3S/c1-10(21-16(23)11-6-2-3-7-12(11)17(21)24)15(22)20-18-19-13-8-4-5-9-14(13)25-18/h2-3,10-12H,4-9H2,1H3,(H,19,20,22)/t10-,11-,12-/m0/s1. The molecule has 7 heteroatoms. The molecular formula is C18H21N3O3S. The number of anilines is 1. The summed E-state index contributed by atoms with van der Waals surface area (Å²) in [4.78, 5) is 44.7. The molecule has 3 atom stereocenters. The van der Waals surface area contributed by atoms with Gasteiger partial charge in [-0.1, -0.05) is 12.2 Å². The number of hydrogen-bond donors (Lipinski definition) is 1. The number of rotatable bonds is 3. The molecule has 1 N–H and O–H groups in total. The number of likely N-dealkylation sites (tertiary alicyclic amines) is 1. The van der Waals surface area contributed by atoms with Crippen LogP contribution in [-0.2, 0) is 27.2 Å². The predicted octanol–water partition coefficient (Wildman–Crippen LogP) is 2.30. The number of fused-ring (bicyclic) bond motifs is 2. The van der Waals surface area contributed by atoms with Crippen molar-refractivity contribution in [2.45, 2.75) is 51.5 Å². The summed E-state index contributed by atoms with van der Waals surface area (Å²) in [5.41, 5.74) is 1.07. The Morgan fingerprint density at radius 2 is 1.84 bits per heavy atom. The number of aromatic nitrogens is 1. The van der Waals surface area contributed by atoms with Gasteiger partial charge in [0.1, 0.15) is 6.04 Å². The number of carbonyl (C=O) groups excluding carboxylic acids is 3. The third kappa shape index (κ3) is 2.80. The number of allylic oxidation sites excluding steroid dienone is 2. The summed E-state index contributed by atoms with van der Waals surface area (Å²) < 4.78 is 0. The molecule has 1 saturated heterocycles. The van der Waals surface area contributed by atoms with Gasteiger partial charge in [-0.25, -0.2) is 4.98 Å². The Morgan fingerprint density at radius 3 is 2.48 bits per heavy atom. The van der Waals surface area contributed by atoms with Crippen molar-refractivity contribution in [1.29, 1.82) is 0 Å². The SMILES string of the molecule is C[C@@H](C(=O)Nc1nc2c(s1)CCCC2)N1C(=O)[C@H]2CC=CC[C@@H]2C1=O. The normalized spacial score (nSPS) is 26.4. The molecule has 3 amide bonds. The molecule has 0 unspecified atom stereocenters. The zero-order valence-corrected chi connectivity index (χ0v) is 15.0. The highest BCUT2D eigenvalue weighted by atomic mass is 32.1. The van der Waals surface area contributed by atoms with E-state index in [2.05, 4.69) is 10.3 Å². The van der Waals surface area contributed by atoms with Crippen LogP contribution in [0.25, 0.3) is 0 Å². The van der Waals surface area contributed by atoms with Gasteiger partial charge in [0, 0.05) is 4.88 Å². The maximum Gasteiger partial charge on any atom is 0.249 e. The summed E-state index contributed by atoms with van der Waals surface area (Å²) in [6.45, 7) is 1.61. The molecule has 0 bridgehead atoms. The molecule has 132 valence electrons. The highest BCUT2D eigenvalue weighted by Gasteiger charge is 2.50. The summed E-state index contributed by atoms with van der Waals surface area (Å²) in [5.74, 6) is -1.40. The molecule has 2 aliphatic carbocycles. The van der Waals surface area contributed by atoms with Gasteiger partial charge < -0.3 is 5.32 Å². The average molecular weight is 359 g/mol. The van der Waals surface area contributed by atoms with Crippen molar-refractivity contribution < 1.29 is 14.4 Å². The van der Waals surface area contributed by atoms with Gasteiger partial charge in [0.15, 0.2) is 5.13 Å². The molecule has 1 aliphatic heterocycles. The van der Waals surface area contributed by atoms with E-state index in [0.29, 0.717) is 18.0 Å². The van der Waals surface area contributed by atoms with Crippen LogP contribution >= 0.6 is 11.3 Å². The van der Waals surface area contributed by atoms with Gasteiger partial charge in [0.05, 0.1) is 17.5 Å². The molecule has 0 aromatic carbocycles. The van der Waals surface area contributed by atoms with E-state index in [1.165, 1.54) is 16.2 Å². The second-order valence-electron chi connectivity index (χ2n) is 6.96. The highest BCUT2D eigenvalue weighted by Crippen LogP contribution is 2.36. The van der Waals surface area contributed by atoms with E-state index in [1.54, 1.807) is 6.92 Å². The fraction of sp³-hybridized carbons (Fsp3) is 0.556. The van der Waals surface area contributed by atoms with E-state index < -0.39 is 6.04 Å². The molecule has 0 radical (unpaired) electrons. The van der Waals surface area contributed by atoms with Crippen LogP contribution in [0, 0.1) is 11.8 Å². The summed E-state index contributed by atoms with van der Waals surface area (Å²) in [7, 11) is 0. The summed E-state index contributed by atoms with van der Waals surface area (Å²) in [6.07, 6.45) is 9.31. The Kier molecular flexibility index (Phi) is 4.19. The Hall–Kier alpha value is -2.02. The zero-order valence-electron chi connectivity index (χ0n) is 14.2. The van der Waals surface area contributed by atoms with Gasteiger partial charge in [-0.2, -0.15) is 0 Å². The quantitative estimate of drug-likeness (QED) is 0.663. The van der Waals surface area contributed by atoms with Gasteiger partial charge in [-0.15, -0.1) is 11.3 Å². The Labute approximate surface area is 150 Å². The first-order valence-corrected chi connectivity index (χ1v) is 9.69. The number of carbonyl (C=O) groups is 3. The lowest BCUT2D eigenvalue weighted by atomic mass is 9.85. The molecule has 1 aromatic rings. The molecule has 2 heterocycles. The van der Waals surface area contributed by atoms with Crippen LogP contribution in [0.3, 0.4) is 0 Å². The van der Waals surface area contributed by atoms with Crippen molar-refractivity contribution in [2.24, 2.45) is 11.8 Å². The smallest absolute Gasteiger partial charge is 0.249 e. The number of hydrogen-bond acceptors (Lipinski definition) is 5. The highest BCUT2D eigenvalue weighted by molar-refractivity contribution is 7.15. The van der Waals surface area contributed by atoms with Crippen molar-refractivity contribution in [2.75, 3.05) is 5.32 Å². The molecule has 6 nitrogen and oxygen atoms in total. The predicted molar refractivity (Wildman–Crippen MR) is 94.1 cm³/mol. The van der Waals surface area contributed by atoms with Crippen molar-refractivity contribution in [3.63, 3.8) is 0 Å². The first-order chi connectivity index (χ1) is 12.1. The average Bonchev–Trinajstić information content (AvgIpc) is 3.13. The second kappa shape index (κ2) is 6.37. The van der Waals surface area contributed by atoms with Gasteiger partial charge in [-0.3, -0.25) is 19.3 Å². The van der Waals surface area contributed by atoms with Crippen molar-refractivity contribution in [3.8, 4) is 0 Å². The van der Waals surface area contributed by atoms with Crippen molar-refractivity contribution >= 4 is 34.2 Å². The zero-order chi connectivity index (χ0) is 17.6. The molecular weight excluding hydrogens is 338 g/mol. The third-order valence-electron chi connectivity index (χ3n) is 5.38. The minimum Gasteiger partial charge on any atom is -0.300 e. The van der Waals surface area contributed by atoms with Gasteiger partial charge in [-0.05, 0) is 45.4 Å². The van der Waals surface area contributed by atoms with Crippen LogP contribution in [0.2, 0.25) is 0 Å². The fourth-order valence-electron chi connectivity index (χ4n) is 3.94. The number of thiazole rings is 1. The first kappa shape index (κ1) is 16.4. The molecule has 0 spiro atoms. The minimum atomic E-state index is -0.813. The van der Waals surface area contributed by atoms with E-state index >= 15 is 0 Å².